The van der Waals surface area contributed by atoms with Gasteiger partial charge in [0.05, 0.1) is 20.4 Å². The molecule has 6 heteroatoms. The van der Waals surface area contributed by atoms with Gasteiger partial charge in [-0.05, 0) is 0 Å². The summed E-state index contributed by atoms with van der Waals surface area (Å²) >= 11 is 5.62. The first-order valence-corrected chi connectivity index (χ1v) is 3.71. The lowest BCUT2D eigenvalue weighted by Gasteiger charge is -2.01. The molecule has 0 aliphatic heterocycles. The number of hydrogen-bond donors (Lipinski definition) is 0. The molecule has 0 saturated heterocycles. The molecule has 13 heavy (non-hydrogen) atoms. The van der Waals surface area contributed by atoms with Gasteiger partial charge >= 0.3 is 5.97 Å². The van der Waals surface area contributed by atoms with Crippen LogP contribution in [0.25, 0.3) is 0 Å². The Kier molecular flexibility index (Phi) is 3.02. The first-order valence-electron chi connectivity index (χ1n) is 3.34. The Morgan fingerprint density at radius 3 is 2.69 bits per heavy atom. The van der Waals surface area contributed by atoms with Crippen LogP contribution in [0.2, 0.25) is 5.15 Å². The lowest BCUT2D eigenvalue weighted by molar-refractivity contribution is 0.0593. The van der Waals surface area contributed by atoms with Crippen LogP contribution < -0.4 is 4.74 Å². The monoisotopic (exact) mass is 202 g/mol. The summed E-state index contributed by atoms with van der Waals surface area (Å²) < 4.78 is 9.18. The number of methoxy groups -OCH3 is 2. The van der Waals surface area contributed by atoms with Crippen molar-refractivity contribution < 1.29 is 14.3 Å². The van der Waals surface area contributed by atoms with E-state index < -0.39 is 5.97 Å². The Labute approximate surface area is 79.7 Å². The number of esters is 1. The maximum atomic E-state index is 10.9. The summed E-state index contributed by atoms with van der Waals surface area (Å²) in [4.78, 5) is 18.4. The first kappa shape index (κ1) is 9.73. The molecule has 0 unspecified atom stereocenters. The minimum Gasteiger partial charge on any atom is -0.479 e. The second-order valence-electron chi connectivity index (χ2n) is 2.05. The molecule has 1 aromatic rings. The predicted molar refractivity (Wildman–Crippen MR) is 44.9 cm³/mol. The normalized spacial score (nSPS) is 9.46. The van der Waals surface area contributed by atoms with Crippen molar-refractivity contribution in [3.05, 3.63) is 17.0 Å². The van der Waals surface area contributed by atoms with Crippen LogP contribution in [0, 0.1) is 0 Å². The van der Waals surface area contributed by atoms with Crippen molar-refractivity contribution in [1.29, 1.82) is 0 Å². The molecule has 1 heterocycles. The largest absolute Gasteiger partial charge is 0.479 e. The van der Waals surface area contributed by atoms with Crippen LogP contribution in [0.15, 0.2) is 6.20 Å². The lowest BCUT2D eigenvalue weighted by atomic mass is 10.4. The Morgan fingerprint density at radius 1 is 1.54 bits per heavy atom. The van der Waals surface area contributed by atoms with Gasteiger partial charge < -0.3 is 9.47 Å². The maximum Gasteiger partial charge on any atom is 0.358 e. The minimum absolute atomic E-state index is 0.0328. The fourth-order valence-electron chi connectivity index (χ4n) is 0.695. The topological polar surface area (TPSA) is 61.3 Å². The zero-order chi connectivity index (χ0) is 9.84. The highest BCUT2D eigenvalue weighted by Gasteiger charge is 2.11. The van der Waals surface area contributed by atoms with Crippen molar-refractivity contribution in [2.45, 2.75) is 0 Å². The summed E-state index contributed by atoms with van der Waals surface area (Å²) in [5.74, 6) is -0.411. The fourth-order valence-corrected chi connectivity index (χ4v) is 0.912. The zero-order valence-corrected chi connectivity index (χ0v) is 7.83. The predicted octanol–water partition coefficient (Wildman–Crippen LogP) is 0.925. The Balaban J connectivity index is 3.02. The van der Waals surface area contributed by atoms with Crippen LogP contribution in [-0.4, -0.2) is 30.2 Å². The van der Waals surface area contributed by atoms with Crippen molar-refractivity contribution in [2.75, 3.05) is 14.2 Å². The molecule has 0 aromatic carbocycles. The van der Waals surface area contributed by atoms with Gasteiger partial charge in [-0.2, -0.15) is 0 Å². The van der Waals surface area contributed by atoms with E-state index in [4.69, 9.17) is 16.3 Å². The Bertz CT molecular complexity index is 330. The quantitative estimate of drug-likeness (QED) is 0.668. The number of rotatable bonds is 2. The average molecular weight is 203 g/mol. The highest BCUT2D eigenvalue weighted by molar-refractivity contribution is 6.30. The summed E-state index contributed by atoms with van der Waals surface area (Å²) in [6, 6.07) is 0. The van der Waals surface area contributed by atoms with Gasteiger partial charge in [-0.1, -0.05) is 11.6 Å². The number of nitrogens with zero attached hydrogens (tertiary/aromatic N) is 2. The van der Waals surface area contributed by atoms with E-state index in [1.807, 2.05) is 0 Å². The van der Waals surface area contributed by atoms with E-state index in [9.17, 15) is 4.79 Å². The summed E-state index contributed by atoms with van der Waals surface area (Å²) in [6.45, 7) is 0. The van der Waals surface area contributed by atoms with E-state index in [0.29, 0.717) is 0 Å². The first-order chi connectivity index (χ1) is 6.19. The van der Waals surface area contributed by atoms with Crippen molar-refractivity contribution >= 4 is 17.6 Å². The molecule has 1 rings (SSSR count). The van der Waals surface area contributed by atoms with Crippen molar-refractivity contribution in [1.82, 2.24) is 9.97 Å². The standard InChI is InChI=1S/C7H7ClN2O3/c1-12-6-5(8)10-4(3-9-6)7(11)13-2/h3H,1-2H3. The summed E-state index contributed by atoms with van der Waals surface area (Å²) in [6.07, 6.45) is 1.23. The third-order valence-corrected chi connectivity index (χ3v) is 1.53. The van der Waals surface area contributed by atoms with Crippen LogP contribution in [0.1, 0.15) is 10.5 Å². The van der Waals surface area contributed by atoms with Crippen LogP contribution in [0.4, 0.5) is 0 Å². The summed E-state index contributed by atoms with van der Waals surface area (Å²) in [5, 5.41) is 0.0328. The van der Waals surface area contributed by atoms with Gasteiger partial charge in [0.2, 0.25) is 0 Å². The van der Waals surface area contributed by atoms with E-state index in [0.717, 1.165) is 0 Å². The molecule has 0 radical (unpaired) electrons. The van der Waals surface area contributed by atoms with Crippen LogP contribution >= 0.6 is 11.6 Å². The molecule has 0 atom stereocenters. The van der Waals surface area contributed by atoms with Gasteiger partial charge in [-0.15, -0.1) is 0 Å². The summed E-state index contributed by atoms with van der Waals surface area (Å²) in [5.41, 5.74) is 0.0494. The van der Waals surface area contributed by atoms with Crippen LogP contribution in [0.5, 0.6) is 5.88 Å². The number of aromatic nitrogens is 2. The minimum atomic E-state index is -0.586. The molecule has 0 bridgehead atoms. The van der Waals surface area contributed by atoms with Gasteiger partial charge in [0.1, 0.15) is 0 Å². The van der Waals surface area contributed by atoms with Gasteiger partial charge in [0, 0.05) is 0 Å². The van der Waals surface area contributed by atoms with E-state index in [1.54, 1.807) is 0 Å². The van der Waals surface area contributed by atoms with Gasteiger partial charge in [-0.3, -0.25) is 0 Å². The molecular weight excluding hydrogens is 196 g/mol. The Morgan fingerprint density at radius 2 is 2.23 bits per heavy atom. The maximum absolute atomic E-state index is 10.9. The number of carbonyl (C=O) groups excluding carboxylic acids is 1. The smallest absolute Gasteiger partial charge is 0.358 e. The van der Waals surface area contributed by atoms with Crippen molar-refractivity contribution in [3.8, 4) is 5.88 Å². The zero-order valence-electron chi connectivity index (χ0n) is 7.07. The van der Waals surface area contributed by atoms with Crippen molar-refractivity contribution in [3.63, 3.8) is 0 Å². The third kappa shape index (κ3) is 2.06. The average Bonchev–Trinajstić information content (AvgIpc) is 2.16. The second-order valence-corrected chi connectivity index (χ2v) is 2.40. The molecule has 0 amide bonds. The fraction of sp³-hybridized carbons (Fsp3) is 0.286. The molecule has 0 fully saturated rings. The van der Waals surface area contributed by atoms with Gasteiger partial charge in [0.15, 0.2) is 10.8 Å². The molecule has 70 valence electrons. The summed E-state index contributed by atoms with van der Waals surface area (Å²) in [7, 11) is 2.66. The Hall–Kier alpha value is -1.36. The molecule has 5 nitrogen and oxygen atoms in total. The van der Waals surface area contributed by atoms with E-state index >= 15 is 0 Å². The SMILES string of the molecule is COC(=O)c1cnc(OC)c(Cl)n1. The van der Waals surface area contributed by atoms with Crippen LogP contribution in [-0.2, 0) is 4.74 Å². The molecular formula is C7H7ClN2O3. The second kappa shape index (κ2) is 4.04. The van der Waals surface area contributed by atoms with E-state index in [2.05, 4.69) is 14.7 Å². The number of ether oxygens (including phenoxy) is 2. The lowest BCUT2D eigenvalue weighted by Crippen LogP contribution is -2.05. The van der Waals surface area contributed by atoms with Crippen LogP contribution in [0.3, 0.4) is 0 Å². The number of carbonyl (C=O) groups is 1. The molecule has 0 saturated carbocycles. The highest BCUT2D eigenvalue weighted by Crippen LogP contribution is 2.17. The highest BCUT2D eigenvalue weighted by atomic mass is 35.5. The van der Waals surface area contributed by atoms with Gasteiger partial charge in [-0.25, -0.2) is 14.8 Å². The molecule has 0 spiro atoms. The molecule has 0 aliphatic rings. The van der Waals surface area contributed by atoms with E-state index in [-0.39, 0.29) is 16.7 Å². The van der Waals surface area contributed by atoms with Gasteiger partial charge in [0.25, 0.3) is 5.88 Å². The molecule has 0 N–H and O–H groups in total. The number of hydrogen-bond acceptors (Lipinski definition) is 5. The van der Waals surface area contributed by atoms with E-state index in [1.165, 1.54) is 20.4 Å². The molecule has 0 aliphatic carbocycles. The number of halogens is 1. The van der Waals surface area contributed by atoms with Crippen molar-refractivity contribution in [2.24, 2.45) is 0 Å². The third-order valence-electron chi connectivity index (χ3n) is 1.29. The molecule has 1 aromatic heterocycles.